The van der Waals surface area contributed by atoms with Crippen molar-refractivity contribution in [3.05, 3.63) is 54.4 Å². The Morgan fingerprint density at radius 1 is 1.15 bits per heavy atom. The molecule has 0 saturated heterocycles. The molecule has 1 heterocycles. The lowest BCUT2D eigenvalue weighted by atomic mass is 10.2. The molecule has 6 nitrogen and oxygen atoms in total. The van der Waals surface area contributed by atoms with Crippen LogP contribution in [0.2, 0.25) is 0 Å². The molecule has 1 saturated carbocycles. The van der Waals surface area contributed by atoms with Gasteiger partial charge in [0.2, 0.25) is 10.0 Å². The van der Waals surface area contributed by atoms with Crippen molar-refractivity contribution in [1.82, 2.24) is 14.2 Å². The van der Waals surface area contributed by atoms with Gasteiger partial charge in [-0.05, 0) is 56.2 Å². The van der Waals surface area contributed by atoms with Crippen molar-refractivity contribution in [2.45, 2.75) is 36.7 Å². The number of nitrogens with zero attached hydrogens (tertiary/aromatic N) is 3. The van der Waals surface area contributed by atoms with Gasteiger partial charge in [0.15, 0.2) is 0 Å². The lowest BCUT2D eigenvalue weighted by Crippen LogP contribution is -2.33. The molecule has 0 bridgehead atoms. The minimum absolute atomic E-state index is 0.245. The summed E-state index contributed by atoms with van der Waals surface area (Å²) >= 11 is 0. The molecule has 0 spiro atoms. The average Bonchev–Trinajstić information content (AvgIpc) is 3.51. The number of rotatable bonds is 9. The number of pyridine rings is 1. The van der Waals surface area contributed by atoms with Gasteiger partial charge < -0.3 is 4.74 Å². The van der Waals surface area contributed by atoms with E-state index in [4.69, 9.17) is 4.74 Å². The molecule has 1 unspecified atom stereocenters. The van der Waals surface area contributed by atoms with E-state index >= 15 is 0 Å². The molecule has 0 N–H and O–H groups in total. The molecule has 7 heteroatoms. The Kier molecular flexibility index (Phi) is 6.14. The summed E-state index contributed by atoms with van der Waals surface area (Å²) in [5.74, 6) is 0.675. The predicted molar refractivity (Wildman–Crippen MR) is 105 cm³/mol. The molecule has 1 aromatic heterocycles. The van der Waals surface area contributed by atoms with E-state index in [9.17, 15) is 8.42 Å². The second kappa shape index (κ2) is 8.37. The highest BCUT2D eigenvalue weighted by Gasteiger charge is 2.33. The third kappa shape index (κ3) is 4.86. The van der Waals surface area contributed by atoms with Crippen LogP contribution in [-0.2, 0) is 10.0 Å². The molecule has 0 aliphatic heterocycles. The third-order valence-corrected chi connectivity index (χ3v) is 6.68. The van der Waals surface area contributed by atoms with Gasteiger partial charge in [0.05, 0.1) is 10.6 Å². The van der Waals surface area contributed by atoms with Gasteiger partial charge in [-0.25, -0.2) is 12.7 Å². The summed E-state index contributed by atoms with van der Waals surface area (Å²) in [5.41, 5.74) is 1.07. The first-order chi connectivity index (χ1) is 12.9. The lowest BCUT2D eigenvalue weighted by molar-refractivity contribution is 0.157. The highest BCUT2D eigenvalue weighted by molar-refractivity contribution is 7.89. The largest absolute Gasteiger partial charge is 0.492 e. The lowest BCUT2D eigenvalue weighted by Gasteiger charge is -2.28. The average molecular weight is 390 g/mol. The van der Waals surface area contributed by atoms with E-state index in [1.54, 1.807) is 24.3 Å². The number of benzene rings is 1. The summed E-state index contributed by atoms with van der Waals surface area (Å²) in [6, 6.07) is 13.4. The number of hydrogen-bond donors (Lipinski definition) is 0. The minimum Gasteiger partial charge on any atom is -0.492 e. The number of aromatic nitrogens is 1. The van der Waals surface area contributed by atoms with E-state index < -0.39 is 10.0 Å². The zero-order valence-electron chi connectivity index (χ0n) is 16.1. The van der Waals surface area contributed by atoms with E-state index in [-0.39, 0.29) is 10.9 Å². The Balaban J connectivity index is 1.58. The van der Waals surface area contributed by atoms with Gasteiger partial charge in [-0.3, -0.25) is 9.88 Å². The molecule has 1 aromatic carbocycles. The van der Waals surface area contributed by atoms with Crippen molar-refractivity contribution in [3.63, 3.8) is 0 Å². The molecule has 3 rings (SSSR count). The maximum absolute atomic E-state index is 12.1. The minimum atomic E-state index is -3.41. The van der Waals surface area contributed by atoms with Gasteiger partial charge in [-0.15, -0.1) is 0 Å². The van der Waals surface area contributed by atoms with Crippen LogP contribution in [0.4, 0.5) is 0 Å². The Bertz CT molecular complexity index is 835. The number of hydrogen-bond acceptors (Lipinski definition) is 5. The molecular weight excluding hydrogens is 362 g/mol. The topological polar surface area (TPSA) is 62.7 Å². The smallest absolute Gasteiger partial charge is 0.242 e. The molecule has 146 valence electrons. The summed E-state index contributed by atoms with van der Waals surface area (Å²) in [4.78, 5) is 7.18. The van der Waals surface area contributed by atoms with Crippen LogP contribution in [0.1, 0.15) is 31.5 Å². The summed E-state index contributed by atoms with van der Waals surface area (Å²) in [6.45, 7) is 3.54. The van der Waals surface area contributed by atoms with Crippen LogP contribution >= 0.6 is 0 Å². The fourth-order valence-corrected chi connectivity index (χ4v) is 3.98. The molecule has 0 amide bonds. The Hall–Kier alpha value is -1.96. The van der Waals surface area contributed by atoms with Gasteiger partial charge in [0.25, 0.3) is 0 Å². The first-order valence-corrected chi connectivity index (χ1v) is 10.7. The molecule has 2 aromatic rings. The SMILES string of the molecule is CC(c1ccccn1)N(CCOc1ccc(S(=O)(=O)N(C)C)cc1)C1CC1. The van der Waals surface area contributed by atoms with E-state index in [0.717, 1.165) is 12.2 Å². The normalized spacial score (nSPS) is 15.9. The highest BCUT2D eigenvalue weighted by Crippen LogP contribution is 2.33. The number of ether oxygens (including phenoxy) is 1. The van der Waals surface area contributed by atoms with Crippen molar-refractivity contribution in [1.29, 1.82) is 0 Å². The van der Waals surface area contributed by atoms with Gasteiger partial charge in [-0.1, -0.05) is 6.07 Å². The zero-order valence-corrected chi connectivity index (χ0v) is 16.9. The van der Waals surface area contributed by atoms with Crippen LogP contribution in [0.3, 0.4) is 0 Å². The van der Waals surface area contributed by atoms with Gasteiger partial charge in [0, 0.05) is 38.9 Å². The Morgan fingerprint density at radius 3 is 2.41 bits per heavy atom. The van der Waals surface area contributed by atoms with Gasteiger partial charge >= 0.3 is 0 Å². The molecule has 1 aliphatic rings. The Morgan fingerprint density at radius 2 is 1.85 bits per heavy atom. The van der Waals surface area contributed by atoms with Crippen LogP contribution in [-0.4, -0.2) is 55.9 Å². The van der Waals surface area contributed by atoms with Crippen molar-refractivity contribution >= 4 is 10.0 Å². The third-order valence-electron chi connectivity index (χ3n) is 4.85. The van der Waals surface area contributed by atoms with Gasteiger partial charge in [-0.2, -0.15) is 0 Å². The summed E-state index contributed by atoms with van der Waals surface area (Å²) in [6.07, 6.45) is 4.26. The van der Waals surface area contributed by atoms with Crippen LogP contribution < -0.4 is 4.74 Å². The van der Waals surface area contributed by atoms with Crippen molar-refractivity contribution < 1.29 is 13.2 Å². The molecule has 1 atom stereocenters. The van der Waals surface area contributed by atoms with Crippen LogP contribution in [0.15, 0.2) is 53.6 Å². The monoisotopic (exact) mass is 389 g/mol. The van der Waals surface area contributed by atoms with E-state index in [0.29, 0.717) is 18.4 Å². The second-order valence-electron chi connectivity index (χ2n) is 7.01. The number of sulfonamides is 1. The van der Waals surface area contributed by atoms with Crippen molar-refractivity contribution in [3.8, 4) is 5.75 Å². The molecule has 1 aliphatic carbocycles. The van der Waals surface area contributed by atoms with Crippen molar-refractivity contribution in [2.24, 2.45) is 0 Å². The summed E-state index contributed by atoms with van der Waals surface area (Å²) in [5, 5.41) is 0. The standard InChI is InChI=1S/C20H27N3O3S/c1-16(20-6-4-5-13-21-20)23(17-7-8-17)14-15-26-18-9-11-19(12-10-18)27(24,25)22(2)3/h4-6,9-13,16-17H,7-8,14-15H2,1-3H3. The first kappa shape index (κ1) is 19.8. The van der Waals surface area contributed by atoms with Crippen LogP contribution in [0.25, 0.3) is 0 Å². The second-order valence-corrected chi connectivity index (χ2v) is 9.16. The zero-order chi connectivity index (χ0) is 19.4. The van der Waals surface area contributed by atoms with E-state index in [1.165, 1.54) is 31.2 Å². The predicted octanol–water partition coefficient (Wildman–Crippen LogP) is 2.94. The molecular formula is C20H27N3O3S. The summed E-state index contributed by atoms with van der Waals surface area (Å²) < 4.78 is 31.3. The first-order valence-electron chi connectivity index (χ1n) is 9.21. The Labute approximate surface area is 161 Å². The van der Waals surface area contributed by atoms with Crippen LogP contribution in [0.5, 0.6) is 5.75 Å². The molecule has 27 heavy (non-hydrogen) atoms. The maximum Gasteiger partial charge on any atom is 0.242 e. The molecule has 0 radical (unpaired) electrons. The van der Waals surface area contributed by atoms with Crippen LogP contribution in [0, 0.1) is 0 Å². The van der Waals surface area contributed by atoms with E-state index in [2.05, 4.69) is 22.9 Å². The fraction of sp³-hybridized carbons (Fsp3) is 0.450. The molecule has 1 fully saturated rings. The summed E-state index contributed by atoms with van der Waals surface area (Å²) in [7, 11) is -0.364. The highest BCUT2D eigenvalue weighted by atomic mass is 32.2. The fourth-order valence-electron chi connectivity index (χ4n) is 3.08. The van der Waals surface area contributed by atoms with E-state index in [1.807, 2.05) is 18.3 Å². The van der Waals surface area contributed by atoms with Crippen molar-refractivity contribution in [2.75, 3.05) is 27.2 Å². The quantitative estimate of drug-likeness (QED) is 0.660. The maximum atomic E-state index is 12.1. The van der Waals surface area contributed by atoms with Gasteiger partial charge in [0.1, 0.15) is 12.4 Å².